The molecule has 150 valence electrons. The minimum atomic E-state index is -0.514. The first-order valence-electron chi connectivity index (χ1n) is 9.47. The van der Waals surface area contributed by atoms with E-state index in [0.717, 1.165) is 12.8 Å². The highest BCUT2D eigenvalue weighted by Crippen LogP contribution is 2.15. The molecule has 3 rings (SSSR count). The standard InChI is InChI=1S/C20H25N3O5/c1-14-16(8-12-27-14)20(26)23(13-15-5-4-11-28-15)10-7-18(24)22-17-6-2-3-9-21-19(17)25/h4-5,8,11-12,17H,2-3,6-7,9-10,13H2,1H3,(H,21,25)(H,22,24)/t17-/m0/s1. The van der Waals surface area contributed by atoms with Gasteiger partial charge >= 0.3 is 0 Å². The Morgan fingerprint density at radius 2 is 2.11 bits per heavy atom. The van der Waals surface area contributed by atoms with Gasteiger partial charge in [-0.15, -0.1) is 0 Å². The molecule has 0 spiro atoms. The Balaban J connectivity index is 1.62. The SMILES string of the molecule is Cc1occc1C(=O)N(CCC(=O)N[C@H]1CCCCNC1=O)Cc1ccco1. The van der Waals surface area contributed by atoms with Crippen LogP contribution in [0.4, 0.5) is 0 Å². The number of carbonyl (C=O) groups is 3. The third kappa shape index (κ3) is 5.03. The summed E-state index contributed by atoms with van der Waals surface area (Å²) in [4.78, 5) is 38.8. The van der Waals surface area contributed by atoms with Crippen LogP contribution in [0.2, 0.25) is 0 Å². The van der Waals surface area contributed by atoms with E-state index in [2.05, 4.69) is 10.6 Å². The lowest BCUT2D eigenvalue weighted by Crippen LogP contribution is -2.46. The van der Waals surface area contributed by atoms with Gasteiger partial charge in [0.25, 0.3) is 5.91 Å². The van der Waals surface area contributed by atoms with E-state index < -0.39 is 6.04 Å². The van der Waals surface area contributed by atoms with Crippen molar-refractivity contribution in [1.29, 1.82) is 0 Å². The van der Waals surface area contributed by atoms with Crippen molar-refractivity contribution in [3.63, 3.8) is 0 Å². The largest absolute Gasteiger partial charge is 0.469 e. The maximum atomic E-state index is 12.9. The predicted octanol–water partition coefficient (Wildman–Crippen LogP) is 2.00. The second-order valence-corrected chi connectivity index (χ2v) is 6.85. The lowest BCUT2D eigenvalue weighted by Gasteiger charge is -2.22. The Hall–Kier alpha value is -3.03. The topological polar surface area (TPSA) is 105 Å². The molecule has 2 N–H and O–H groups in total. The fourth-order valence-electron chi connectivity index (χ4n) is 3.20. The zero-order valence-corrected chi connectivity index (χ0v) is 15.9. The molecule has 1 fully saturated rings. The molecule has 2 aromatic heterocycles. The molecule has 8 heteroatoms. The van der Waals surface area contributed by atoms with Crippen LogP contribution in [0.5, 0.6) is 0 Å². The lowest BCUT2D eigenvalue weighted by molar-refractivity contribution is -0.128. The number of hydrogen-bond acceptors (Lipinski definition) is 5. The molecule has 0 aromatic carbocycles. The van der Waals surface area contributed by atoms with Crippen molar-refractivity contribution in [2.75, 3.05) is 13.1 Å². The highest BCUT2D eigenvalue weighted by molar-refractivity contribution is 5.95. The summed E-state index contributed by atoms with van der Waals surface area (Å²) in [6, 6.07) is 4.62. The maximum absolute atomic E-state index is 12.9. The molecule has 0 saturated carbocycles. The second-order valence-electron chi connectivity index (χ2n) is 6.85. The van der Waals surface area contributed by atoms with Gasteiger partial charge in [-0.3, -0.25) is 14.4 Å². The van der Waals surface area contributed by atoms with Crippen LogP contribution in [-0.2, 0) is 16.1 Å². The molecule has 1 aliphatic rings. The number of aryl methyl sites for hydroxylation is 1. The fraction of sp³-hybridized carbons (Fsp3) is 0.450. The number of hydrogen-bond donors (Lipinski definition) is 2. The molecular weight excluding hydrogens is 362 g/mol. The molecule has 2 aromatic rings. The van der Waals surface area contributed by atoms with E-state index in [1.807, 2.05) is 0 Å². The summed E-state index contributed by atoms with van der Waals surface area (Å²) in [7, 11) is 0. The van der Waals surface area contributed by atoms with Crippen molar-refractivity contribution < 1.29 is 23.2 Å². The molecule has 0 radical (unpaired) electrons. The lowest BCUT2D eigenvalue weighted by atomic mass is 10.1. The van der Waals surface area contributed by atoms with Gasteiger partial charge in [0.15, 0.2) is 0 Å². The second kappa shape index (κ2) is 9.25. The highest BCUT2D eigenvalue weighted by Gasteiger charge is 2.24. The molecule has 0 unspecified atom stereocenters. The minimum absolute atomic E-state index is 0.0904. The third-order valence-corrected chi connectivity index (χ3v) is 4.78. The molecule has 0 bridgehead atoms. The van der Waals surface area contributed by atoms with Gasteiger partial charge in [-0.1, -0.05) is 0 Å². The van der Waals surface area contributed by atoms with Crippen LogP contribution in [0.15, 0.2) is 39.6 Å². The third-order valence-electron chi connectivity index (χ3n) is 4.78. The first-order valence-corrected chi connectivity index (χ1v) is 9.47. The molecule has 3 amide bonds. The predicted molar refractivity (Wildman–Crippen MR) is 100 cm³/mol. The van der Waals surface area contributed by atoms with Crippen molar-refractivity contribution in [2.24, 2.45) is 0 Å². The number of furan rings is 2. The van der Waals surface area contributed by atoms with Gasteiger partial charge in [-0.2, -0.15) is 0 Å². The Bertz CT molecular complexity index is 812. The van der Waals surface area contributed by atoms with Crippen molar-refractivity contribution in [2.45, 2.75) is 45.2 Å². The Labute approximate surface area is 163 Å². The molecule has 28 heavy (non-hydrogen) atoms. The monoisotopic (exact) mass is 387 g/mol. The molecule has 1 saturated heterocycles. The Morgan fingerprint density at radius 3 is 2.82 bits per heavy atom. The van der Waals surface area contributed by atoms with E-state index in [9.17, 15) is 14.4 Å². The van der Waals surface area contributed by atoms with Gasteiger partial charge < -0.3 is 24.4 Å². The summed E-state index contributed by atoms with van der Waals surface area (Å²) in [5.41, 5.74) is 0.454. The van der Waals surface area contributed by atoms with Gasteiger partial charge in [0.2, 0.25) is 11.8 Å². The summed E-state index contributed by atoms with van der Waals surface area (Å²) in [5, 5.41) is 5.57. The molecule has 1 aliphatic heterocycles. The summed E-state index contributed by atoms with van der Waals surface area (Å²) >= 11 is 0. The average Bonchev–Trinajstić information content (AvgIpc) is 3.30. The van der Waals surface area contributed by atoms with E-state index in [0.29, 0.717) is 30.0 Å². The minimum Gasteiger partial charge on any atom is -0.469 e. The zero-order chi connectivity index (χ0) is 19.9. The van der Waals surface area contributed by atoms with Crippen molar-refractivity contribution >= 4 is 17.7 Å². The smallest absolute Gasteiger partial charge is 0.257 e. The fourth-order valence-corrected chi connectivity index (χ4v) is 3.20. The van der Waals surface area contributed by atoms with E-state index in [1.165, 1.54) is 6.26 Å². The maximum Gasteiger partial charge on any atom is 0.257 e. The van der Waals surface area contributed by atoms with Gasteiger partial charge in [0.05, 0.1) is 24.6 Å². The molecule has 1 atom stereocenters. The van der Waals surface area contributed by atoms with Gasteiger partial charge in [-0.05, 0) is 44.4 Å². The summed E-state index contributed by atoms with van der Waals surface area (Å²) in [5.74, 6) is 0.501. The van der Waals surface area contributed by atoms with Crippen LogP contribution in [0.3, 0.4) is 0 Å². The van der Waals surface area contributed by atoms with Crippen LogP contribution in [-0.4, -0.2) is 41.8 Å². The molecule has 3 heterocycles. The normalized spacial score (nSPS) is 16.9. The van der Waals surface area contributed by atoms with Crippen molar-refractivity contribution in [1.82, 2.24) is 15.5 Å². The van der Waals surface area contributed by atoms with Gasteiger partial charge in [0.1, 0.15) is 17.6 Å². The quantitative estimate of drug-likeness (QED) is 0.756. The van der Waals surface area contributed by atoms with Gasteiger partial charge in [-0.25, -0.2) is 0 Å². The van der Waals surface area contributed by atoms with Crippen LogP contribution in [0.1, 0.15) is 47.6 Å². The molecule has 8 nitrogen and oxygen atoms in total. The summed E-state index contributed by atoms with van der Waals surface area (Å²) in [6.45, 7) is 2.80. The van der Waals surface area contributed by atoms with E-state index >= 15 is 0 Å². The van der Waals surface area contributed by atoms with Crippen LogP contribution in [0, 0.1) is 6.92 Å². The number of rotatable bonds is 7. The number of carbonyl (C=O) groups excluding carboxylic acids is 3. The first-order chi connectivity index (χ1) is 13.5. The molecular formula is C20H25N3O5. The highest BCUT2D eigenvalue weighted by atomic mass is 16.3. The number of amides is 3. The van der Waals surface area contributed by atoms with Crippen molar-refractivity contribution in [3.8, 4) is 0 Å². The number of nitrogens with one attached hydrogen (secondary N) is 2. The summed E-state index contributed by atoms with van der Waals surface area (Å²) < 4.78 is 10.6. The Morgan fingerprint density at radius 1 is 1.25 bits per heavy atom. The number of nitrogens with zero attached hydrogens (tertiary/aromatic N) is 1. The summed E-state index contributed by atoms with van der Waals surface area (Å²) in [6.07, 6.45) is 5.51. The van der Waals surface area contributed by atoms with Crippen LogP contribution in [0.25, 0.3) is 0 Å². The van der Waals surface area contributed by atoms with Crippen LogP contribution < -0.4 is 10.6 Å². The van der Waals surface area contributed by atoms with E-state index in [-0.39, 0.29) is 37.2 Å². The molecule has 0 aliphatic carbocycles. The average molecular weight is 387 g/mol. The van der Waals surface area contributed by atoms with Gasteiger partial charge in [0, 0.05) is 19.5 Å². The van der Waals surface area contributed by atoms with Crippen LogP contribution >= 0.6 is 0 Å². The van der Waals surface area contributed by atoms with Crippen molar-refractivity contribution in [3.05, 3.63) is 47.8 Å². The zero-order valence-electron chi connectivity index (χ0n) is 15.9. The first kappa shape index (κ1) is 19.7. The Kier molecular flexibility index (Phi) is 6.52. The van der Waals surface area contributed by atoms with E-state index in [1.54, 1.807) is 36.3 Å². The van der Waals surface area contributed by atoms with E-state index in [4.69, 9.17) is 8.83 Å².